The highest BCUT2D eigenvalue weighted by Gasteiger charge is 2.22. The SMILES string of the molecule is CC(=O)Nc1ccc(N(CC2CCCCC2)C(C)=O)cc1SCC1CCCCC1. The monoisotopic (exact) mass is 416 g/mol. The molecular weight excluding hydrogens is 380 g/mol. The number of nitrogens with zero attached hydrogens (tertiary/aromatic N) is 1. The van der Waals surface area contributed by atoms with E-state index >= 15 is 0 Å². The first-order valence-electron chi connectivity index (χ1n) is 11.4. The van der Waals surface area contributed by atoms with Gasteiger partial charge in [0.25, 0.3) is 0 Å². The fraction of sp³-hybridized carbons (Fsp3) is 0.667. The van der Waals surface area contributed by atoms with Gasteiger partial charge in [0.15, 0.2) is 0 Å². The highest BCUT2D eigenvalue weighted by molar-refractivity contribution is 7.99. The summed E-state index contributed by atoms with van der Waals surface area (Å²) in [7, 11) is 0. The Balaban J connectivity index is 1.77. The molecule has 29 heavy (non-hydrogen) atoms. The van der Waals surface area contributed by atoms with Crippen LogP contribution in [0.5, 0.6) is 0 Å². The predicted molar refractivity (Wildman–Crippen MR) is 123 cm³/mol. The van der Waals surface area contributed by atoms with E-state index in [0.717, 1.165) is 34.5 Å². The number of carbonyl (C=O) groups excluding carboxylic acids is 2. The second-order valence-corrected chi connectivity index (χ2v) is 9.87. The van der Waals surface area contributed by atoms with Gasteiger partial charge in [0.1, 0.15) is 0 Å². The molecule has 0 spiro atoms. The number of nitrogens with one attached hydrogen (secondary N) is 1. The van der Waals surface area contributed by atoms with Crippen molar-refractivity contribution >= 4 is 35.0 Å². The number of rotatable bonds is 7. The number of anilines is 2. The van der Waals surface area contributed by atoms with E-state index < -0.39 is 0 Å². The van der Waals surface area contributed by atoms with Crippen LogP contribution in [0.25, 0.3) is 0 Å². The Morgan fingerprint density at radius 2 is 1.59 bits per heavy atom. The van der Waals surface area contributed by atoms with E-state index in [1.54, 1.807) is 13.8 Å². The Morgan fingerprint density at radius 1 is 0.966 bits per heavy atom. The lowest BCUT2D eigenvalue weighted by molar-refractivity contribution is -0.117. The van der Waals surface area contributed by atoms with Gasteiger partial charge < -0.3 is 10.2 Å². The van der Waals surface area contributed by atoms with E-state index in [9.17, 15) is 9.59 Å². The third-order valence-electron chi connectivity index (χ3n) is 6.33. The quantitative estimate of drug-likeness (QED) is 0.534. The first kappa shape index (κ1) is 22.2. The Bertz CT molecular complexity index is 694. The van der Waals surface area contributed by atoms with Crippen LogP contribution in [-0.2, 0) is 9.59 Å². The second-order valence-electron chi connectivity index (χ2n) is 8.81. The van der Waals surface area contributed by atoms with E-state index in [1.807, 2.05) is 28.8 Å². The molecule has 0 saturated heterocycles. The van der Waals surface area contributed by atoms with Gasteiger partial charge in [-0.3, -0.25) is 9.59 Å². The zero-order valence-electron chi connectivity index (χ0n) is 18.0. The number of hydrogen-bond donors (Lipinski definition) is 1. The Morgan fingerprint density at radius 3 is 2.17 bits per heavy atom. The molecule has 5 heteroatoms. The van der Waals surface area contributed by atoms with Crippen molar-refractivity contribution in [1.29, 1.82) is 0 Å². The Kier molecular flexibility index (Phi) is 8.46. The standard InChI is InChI=1S/C24H36N2O2S/c1-18(27)25-23-14-13-22(15-24(23)29-17-21-11-7-4-8-12-21)26(19(2)28)16-20-9-5-3-6-10-20/h13-15,20-21H,3-12,16-17H2,1-2H3,(H,25,27). The van der Waals surface area contributed by atoms with Crippen molar-refractivity contribution in [2.75, 3.05) is 22.5 Å². The molecule has 160 valence electrons. The van der Waals surface area contributed by atoms with Gasteiger partial charge in [-0.05, 0) is 55.7 Å². The van der Waals surface area contributed by atoms with Crippen LogP contribution in [0.2, 0.25) is 0 Å². The van der Waals surface area contributed by atoms with Crippen LogP contribution in [0.4, 0.5) is 11.4 Å². The molecule has 1 N–H and O–H groups in total. The van der Waals surface area contributed by atoms with Gasteiger partial charge in [-0.15, -0.1) is 11.8 Å². The van der Waals surface area contributed by atoms with E-state index in [4.69, 9.17) is 0 Å². The fourth-order valence-electron chi connectivity index (χ4n) is 4.70. The van der Waals surface area contributed by atoms with Crippen LogP contribution >= 0.6 is 11.8 Å². The fourth-order valence-corrected chi connectivity index (χ4v) is 5.92. The maximum absolute atomic E-state index is 12.4. The normalized spacial score (nSPS) is 18.4. The molecule has 2 amide bonds. The van der Waals surface area contributed by atoms with Gasteiger partial charge in [0.2, 0.25) is 11.8 Å². The van der Waals surface area contributed by atoms with Crippen molar-refractivity contribution in [3.8, 4) is 0 Å². The van der Waals surface area contributed by atoms with E-state index in [0.29, 0.717) is 5.92 Å². The zero-order chi connectivity index (χ0) is 20.6. The molecule has 0 heterocycles. The Hall–Kier alpha value is -1.49. The van der Waals surface area contributed by atoms with Crippen LogP contribution in [-0.4, -0.2) is 24.1 Å². The third kappa shape index (κ3) is 6.77. The van der Waals surface area contributed by atoms with Gasteiger partial charge in [-0.25, -0.2) is 0 Å². The van der Waals surface area contributed by atoms with Crippen LogP contribution in [0.1, 0.15) is 78.1 Å². The van der Waals surface area contributed by atoms with Crippen molar-refractivity contribution in [1.82, 2.24) is 0 Å². The van der Waals surface area contributed by atoms with Crippen LogP contribution < -0.4 is 10.2 Å². The van der Waals surface area contributed by atoms with Crippen LogP contribution in [0.3, 0.4) is 0 Å². The summed E-state index contributed by atoms with van der Waals surface area (Å²) in [4.78, 5) is 27.1. The van der Waals surface area contributed by atoms with Crippen LogP contribution in [0.15, 0.2) is 23.1 Å². The minimum Gasteiger partial charge on any atom is -0.325 e. The summed E-state index contributed by atoms with van der Waals surface area (Å²) in [5.74, 6) is 2.49. The lowest BCUT2D eigenvalue weighted by Gasteiger charge is -2.30. The van der Waals surface area contributed by atoms with Crippen molar-refractivity contribution < 1.29 is 9.59 Å². The molecule has 0 radical (unpaired) electrons. The summed E-state index contributed by atoms with van der Waals surface area (Å²) in [5, 5.41) is 2.97. The van der Waals surface area contributed by atoms with Crippen molar-refractivity contribution in [3.05, 3.63) is 18.2 Å². The minimum absolute atomic E-state index is 0.0529. The van der Waals surface area contributed by atoms with Gasteiger partial charge in [-0.1, -0.05) is 38.5 Å². The molecule has 0 atom stereocenters. The molecule has 1 aromatic rings. The molecule has 2 aliphatic carbocycles. The molecule has 0 aromatic heterocycles. The lowest BCUT2D eigenvalue weighted by Crippen LogP contribution is -2.34. The second kappa shape index (κ2) is 11.1. The van der Waals surface area contributed by atoms with Crippen molar-refractivity contribution in [3.63, 3.8) is 0 Å². The van der Waals surface area contributed by atoms with Crippen LogP contribution in [0, 0.1) is 11.8 Å². The first-order valence-corrected chi connectivity index (χ1v) is 12.3. The van der Waals surface area contributed by atoms with Gasteiger partial charge >= 0.3 is 0 Å². The number of hydrogen-bond acceptors (Lipinski definition) is 3. The van der Waals surface area contributed by atoms with Gasteiger partial charge in [-0.2, -0.15) is 0 Å². The first-order chi connectivity index (χ1) is 14.0. The van der Waals surface area contributed by atoms with Crippen molar-refractivity contribution in [2.24, 2.45) is 11.8 Å². The largest absolute Gasteiger partial charge is 0.325 e. The molecule has 0 aliphatic heterocycles. The number of benzene rings is 1. The smallest absolute Gasteiger partial charge is 0.223 e. The summed E-state index contributed by atoms with van der Waals surface area (Å²) >= 11 is 1.83. The van der Waals surface area contributed by atoms with E-state index in [2.05, 4.69) is 11.4 Å². The summed E-state index contributed by atoms with van der Waals surface area (Å²) < 4.78 is 0. The molecule has 4 nitrogen and oxygen atoms in total. The van der Waals surface area contributed by atoms with E-state index in [1.165, 1.54) is 64.2 Å². The third-order valence-corrected chi connectivity index (χ3v) is 7.62. The predicted octanol–water partition coefficient (Wildman–Crippen LogP) is 6.25. The maximum Gasteiger partial charge on any atom is 0.223 e. The number of amides is 2. The zero-order valence-corrected chi connectivity index (χ0v) is 18.9. The summed E-state index contributed by atoms with van der Waals surface area (Å²) in [5.41, 5.74) is 1.83. The molecule has 0 unspecified atom stereocenters. The lowest BCUT2D eigenvalue weighted by atomic mass is 9.89. The maximum atomic E-state index is 12.4. The average molecular weight is 417 g/mol. The minimum atomic E-state index is -0.0529. The Labute approximate surface area is 180 Å². The molecule has 1 aromatic carbocycles. The molecule has 2 fully saturated rings. The summed E-state index contributed by atoms with van der Waals surface area (Å²) in [6, 6.07) is 6.07. The molecule has 0 bridgehead atoms. The van der Waals surface area contributed by atoms with Gasteiger partial charge in [0.05, 0.1) is 5.69 Å². The molecule has 2 saturated carbocycles. The highest BCUT2D eigenvalue weighted by atomic mass is 32.2. The summed E-state index contributed by atoms with van der Waals surface area (Å²) in [6.45, 7) is 4.02. The summed E-state index contributed by atoms with van der Waals surface area (Å²) in [6.07, 6.45) is 13.0. The number of carbonyl (C=O) groups is 2. The molecule has 3 rings (SSSR count). The van der Waals surface area contributed by atoms with Crippen molar-refractivity contribution in [2.45, 2.75) is 83.0 Å². The average Bonchev–Trinajstić information content (AvgIpc) is 2.72. The highest BCUT2D eigenvalue weighted by Crippen LogP contribution is 2.36. The topological polar surface area (TPSA) is 49.4 Å². The molecule has 2 aliphatic rings. The molecular formula is C24H36N2O2S. The van der Waals surface area contributed by atoms with E-state index in [-0.39, 0.29) is 11.8 Å². The number of thioether (sulfide) groups is 1. The van der Waals surface area contributed by atoms with Gasteiger partial charge in [0, 0.05) is 36.7 Å².